The first-order valence-electron chi connectivity index (χ1n) is 4.82. The number of rotatable bonds is 9. The highest BCUT2D eigenvalue weighted by Gasteiger charge is 2.13. The van der Waals surface area contributed by atoms with Gasteiger partial charge in [-0.1, -0.05) is 6.92 Å². The van der Waals surface area contributed by atoms with Gasteiger partial charge in [-0.05, 0) is 0 Å². The van der Waals surface area contributed by atoms with Gasteiger partial charge < -0.3 is 10.5 Å². The van der Waals surface area contributed by atoms with Crippen LogP contribution in [0.5, 0.6) is 0 Å². The number of hydrogen-bond donors (Lipinski definition) is 1. The molecule has 0 aliphatic carbocycles. The zero-order chi connectivity index (χ0) is 11.5. The monoisotopic (exact) mass is 237 g/mol. The van der Waals surface area contributed by atoms with Crippen LogP contribution >= 0.6 is 11.8 Å². The molecule has 0 bridgehead atoms. The summed E-state index contributed by atoms with van der Waals surface area (Å²) in [7, 11) is 1.41. The molecule has 90 valence electrons. The maximum Gasteiger partial charge on any atom is 0.309 e. The van der Waals surface area contributed by atoms with E-state index in [2.05, 4.69) is 9.78 Å². The number of hydrogen-bond acceptors (Lipinski definition) is 6. The molecule has 0 aromatic heterocycles. The Labute approximate surface area is 94.6 Å². The zero-order valence-electron chi connectivity index (χ0n) is 9.23. The molecule has 15 heavy (non-hydrogen) atoms. The lowest BCUT2D eigenvalue weighted by molar-refractivity contribution is -0.276. The molecule has 1 atom stereocenters. The van der Waals surface area contributed by atoms with Crippen molar-refractivity contribution < 1.29 is 19.3 Å². The molecule has 0 rings (SSSR count). The van der Waals surface area contributed by atoms with Crippen LogP contribution < -0.4 is 5.73 Å². The van der Waals surface area contributed by atoms with Gasteiger partial charge in [0, 0.05) is 18.1 Å². The van der Waals surface area contributed by atoms with Gasteiger partial charge >= 0.3 is 5.97 Å². The SMILES string of the molecule is COOCCOC(=O)C(C)CSCCN. The molecule has 0 aromatic carbocycles. The fraction of sp³-hybridized carbons (Fsp3) is 0.889. The smallest absolute Gasteiger partial charge is 0.309 e. The molecule has 1 unspecified atom stereocenters. The Morgan fingerprint density at radius 3 is 2.80 bits per heavy atom. The maximum absolute atomic E-state index is 11.3. The number of thioether (sulfide) groups is 1. The van der Waals surface area contributed by atoms with Gasteiger partial charge in [0.2, 0.25) is 0 Å². The lowest BCUT2D eigenvalue weighted by Gasteiger charge is -2.10. The fourth-order valence-electron chi connectivity index (χ4n) is 0.813. The Hall–Kier alpha value is -0.300. The van der Waals surface area contributed by atoms with Crippen molar-refractivity contribution in [3.05, 3.63) is 0 Å². The van der Waals surface area contributed by atoms with E-state index >= 15 is 0 Å². The van der Waals surface area contributed by atoms with Crippen molar-refractivity contribution in [2.75, 3.05) is 38.4 Å². The molecule has 0 aromatic rings. The third kappa shape index (κ3) is 8.68. The first-order chi connectivity index (χ1) is 7.22. The molecule has 0 aliphatic heterocycles. The largest absolute Gasteiger partial charge is 0.463 e. The summed E-state index contributed by atoms with van der Waals surface area (Å²) in [5.74, 6) is 1.29. The van der Waals surface area contributed by atoms with Crippen molar-refractivity contribution in [2.24, 2.45) is 11.7 Å². The van der Waals surface area contributed by atoms with Crippen LogP contribution in [0, 0.1) is 5.92 Å². The Kier molecular flexibility index (Phi) is 10.0. The molecule has 0 fully saturated rings. The Balaban J connectivity index is 3.42. The second-order valence-electron chi connectivity index (χ2n) is 2.92. The summed E-state index contributed by atoms with van der Waals surface area (Å²) < 4.78 is 4.95. The van der Waals surface area contributed by atoms with E-state index in [0.717, 1.165) is 11.5 Å². The maximum atomic E-state index is 11.3. The highest BCUT2D eigenvalue weighted by Crippen LogP contribution is 2.08. The molecule has 6 heteroatoms. The summed E-state index contributed by atoms with van der Waals surface area (Å²) in [4.78, 5) is 20.3. The summed E-state index contributed by atoms with van der Waals surface area (Å²) in [6.07, 6.45) is 0. The Bertz CT molecular complexity index is 168. The van der Waals surface area contributed by atoms with Crippen molar-refractivity contribution in [3.8, 4) is 0 Å². The van der Waals surface area contributed by atoms with E-state index in [1.165, 1.54) is 7.11 Å². The summed E-state index contributed by atoms with van der Waals surface area (Å²) in [6.45, 7) is 2.95. The van der Waals surface area contributed by atoms with Gasteiger partial charge in [-0.15, -0.1) is 0 Å². The summed E-state index contributed by atoms with van der Waals surface area (Å²) in [5, 5.41) is 0. The van der Waals surface area contributed by atoms with Crippen molar-refractivity contribution in [3.63, 3.8) is 0 Å². The number of carbonyl (C=O) groups excluding carboxylic acids is 1. The van der Waals surface area contributed by atoms with Gasteiger partial charge in [-0.2, -0.15) is 11.8 Å². The second kappa shape index (κ2) is 10.2. The van der Waals surface area contributed by atoms with Crippen LogP contribution in [0.3, 0.4) is 0 Å². The van der Waals surface area contributed by atoms with Gasteiger partial charge in [0.05, 0.1) is 13.0 Å². The van der Waals surface area contributed by atoms with E-state index < -0.39 is 0 Å². The van der Waals surface area contributed by atoms with Crippen LogP contribution in [0.1, 0.15) is 6.92 Å². The van der Waals surface area contributed by atoms with Crippen molar-refractivity contribution >= 4 is 17.7 Å². The third-order valence-corrected chi connectivity index (χ3v) is 2.82. The molecule has 0 amide bonds. The molecule has 5 nitrogen and oxygen atoms in total. The average Bonchev–Trinajstić information content (AvgIpc) is 2.24. The van der Waals surface area contributed by atoms with Gasteiger partial charge in [0.1, 0.15) is 13.2 Å². The van der Waals surface area contributed by atoms with Gasteiger partial charge in [-0.25, -0.2) is 9.78 Å². The molecule has 0 heterocycles. The third-order valence-electron chi connectivity index (χ3n) is 1.56. The second-order valence-corrected chi connectivity index (χ2v) is 4.07. The zero-order valence-corrected chi connectivity index (χ0v) is 10.0. The number of nitrogens with two attached hydrogens (primary N) is 1. The first-order valence-corrected chi connectivity index (χ1v) is 5.98. The Morgan fingerprint density at radius 1 is 1.47 bits per heavy atom. The predicted octanol–water partition coefficient (Wildman–Crippen LogP) is 0.436. The van der Waals surface area contributed by atoms with Gasteiger partial charge in [0.25, 0.3) is 0 Å². The van der Waals surface area contributed by atoms with Crippen LogP contribution in [0.4, 0.5) is 0 Å². The minimum Gasteiger partial charge on any atom is -0.463 e. The molecule has 2 N–H and O–H groups in total. The first kappa shape index (κ1) is 14.7. The van der Waals surface area contributed by atoms with Crippen LogP contribution in [-0.2, 0) is 19.3 Å². The lowest BCUT2D eigenvalue weighted by Crippen LogP contribution is -2.19. The molecular weight excluding hydrogens is 218 g/mol. The van der Waals surface area contributed by atoms with E-state index in [1.807, 2.05) is 6.92 Å². The van der Waals surface area contributed by atoms with Gasteiger partial charge in [-0.3, -0.25) is 4.79 Å². The summed E-state index contributed by atoms with van der Waals surface area (Å²) >= 11 is 1.65. The minimum absolute atomic E-state index is 0.107. The quantitative estimate of drug-likeness (QED) is 0.271. The van der Waals surface area contributed by atoms with Crippen LogP contribution in [-0.4, -0.2) is 44.3 Å². The van der Waals surface area contributed by atoms with Crippen LogP contribution in [0.2, 0.25) is 0 Å². The predicted molar refractivity (Wildman–Crippen MR) is 59.5 cm³/mol. The minimum atomic E-state index is -0.209. The van der Waals surface area contributed by atoms with E-state index in [1.54, 1.807) is 11.8 Å². The molecular formula is C9H19NO4S. The standard InChI is InChI=1S/C9H19NO4S/c1-8(7-15-6-3-10)9(11)13-4-5-14-12-2/h8H,3-7,10H2,1-2H3. The molecule has 0 saturated carbocycles. The number of carbonyl (C=O) groups is 1. The van der Waals surface area contributed by atoms with Crippen LogP contribution in [0.15, 0.2) is 0 Å². The van der Waals surface area contributed by atoms with Crippen molar-refractivity contribution in [1.82, 2.24) is 0 Å². The van der Waals surface area contributed by atoms with Crippen molar-refractivity contribution in [2.45, 2.75) is 6.92 Å². The number of esters is 1. The topological polar surface area (TPSA) is 70.8 Å². The van der Waals surface area contributed by atoms with Crippen LogP contribution in [0.25, 0.3) is 0 Å². The number of ether oxygens (including phenoxy) is 1. The van der Waals surface area contributed by atoms with Crippen molar-refractivity contribution in [1.29, 1.82) is 0 Å². The van der Waals surface area contributed by atoms with Gasteiger partial charge in [0.15, 0.2) is 0 Å². The Morgan fingerprint density at radius 2 is 2.20 bits per heavy atom. The van der Waals surface area contributed by atoms with E-state index in [9.17, 15) is 4.79 Å². The normalized spacial score (nSPS) is 12.5. The molecule has 0 aliphatic rings. The summed E-state index contributed by atoms with van der Waals surface area (Å²) in [5.41, 5.74) is 5.34. The highest BCUT2D eigenvalue weighted by molar-refractivity contribution is 7.99. The fourth-order valence-corrected chi connectivity index (χ4v) is 1.64. The molecule has 0 spiro atoms. The van der Waals surface area contributed by atoms with E-state index in [0.29, 0.717) is 6.54 Å². The molecule has 0 radical (unpaired) electrons. The van der Waals surface area contributed by atoms with E-state index in [-0.39, 0.29) is 25.1 Å². The molecule has 0 saturated heterocycles. The van der Waals surface area contributed by atoms with E-state index in [4.69, 9.17) is 10.5 Å². The highest BCUT2D eigenvalue weighted by atomic mass is 32.2. The summed E-state index contributed by atoms with van der Waals surface area (Å²) in [6, 6.07) is 0. The lowest BCUT2D eigenvalue weighted by atomic mass is 10.2. The average molecular weight is 237 g/mol.